The molecule has 6 N–H and O–H groups in total. The predicted octanol–water partition coefficient (Wildman–Crippen LogP) is 6.12. The Morgan fingerprint density at radius 1 is 1.10 bits per heavy atom. The summed E-state index contributed by atoms with van der Waals surface area (Å²) in [4.78, 5) is 16.4. The molecule has 208 valence electrons. The highest BCUT2D eigenvalue weighted by atomic mass is 35.5. The number of aromatic amines is 1. The quantitative estimate of drug-likeness (QED) is 0.168. The number of H-pyrrole nitrogens is 1. The molecule has 40 heavy (non-hydrogen) atoms. The minimum Gasteiger partial charge on any atom is -0.454 e. The third kappa shape index (κ3) is 5.78. The van der Waals surface area contributed by atoms with E-state index in [9.17, 15) is 13.6 Å². The largest absolute Gasteiger partial charge is 0.454 e. The second-order valence-electron chi connectivity index (χ2n) is 10.1. The van der Waals surface area contributed by atoms with E-state index in [0.717, 1.165) is 5.56 Å². The molecule has 0 spiro atoms. The lowest BCUT2D eigenvalue weighted by atomic mass is 10.1. The molecule has 0 amide bonds. The van der Waals surface area contributed by atoms with E-state index in [1.165, 1.54) is 23.0 Å². The van der Waals surface area contributed by atoms with Crippen LogP contribution in [0.2, 0.25) is 0 Å². The van der Waals surface area contributed by atoms with Crippen LogP contribution in [-0.2, 0) is 0 Å². The first-order valence-electron chi connectivity index (χ1n) is 12.3. The monoisotopic (exact) mass is 566 g/mol. The molecule has 2 aromatic heterocycles. The Bertz CT molecular complexity index is 1710. The molecular weight excluding hydrogens is 538 g/mol. The highest BCUT2D eigenvalue weighted by Crippen LogP contribution is 2.30. The van der Waals surface area contributed by atoms with E-state index >= 15 is 0 Å². The predicted molar refractivity (Wildman–Crippen MR) is 155 cm³/mol. The summed E-state index contributed by atoms with van der Waals surface area (Å²) in [7, 11) is 0. The molecule has 0 aliphatic rings. The van der Waals surface area contributed by atoms with Crippen molar-refractivity contribution in [1.29, 1.82) is 0 Å². The zero-order chi connectivity index (χ0) is 27.9. The number of carbonyl (C=O) groups excluding carboxylic acids is 1. The van der Waals surface area contributed by atoms with Gasteiger partial charge in [-0.3, -0.25) is 4.79 Å². The normalized spacial score (nSPS) is 11.3. The summed E-state index contributed by atoms with van der Waals surface area (Å²) in [5, 5.41) is 7.87. The minimum absolute atomic E-state index is 0. The Morgan fingerprint density at radius 3 is 2.55 bits per heavy atom. The number of nitrogens with one attached hydrogen (secondary N) is 2. The summed E-state index contributed by atoms with van der Waals surface area (Å²) in [5.74, 6) is -0.605. The molecular formula is C29H29ClF2N6O2. The molecule has 0 radical (unpaired) electrons. The maximum absolute atomic E-state index is 14.6. The van der Waals surface area contributed by atoms with Crippen LogP contribution in [0.4, 0.5) is 20.3 Å². The number of ether oxygens (including phenoxy) is 1. The topological polar surface area (TPSA) is 124 Å². The molecule has 5 rings (SSSR count). The van der Waals surface area contributed by atoms with Crippen LogP contribution in [0.25, 0.3) is 16.6 Å². The summed E-state index contributed by atoms with van der Waals surface area (Å²) >= 11 is 0. The molecule has 0 fully saturated rings. The molecule has 0 saturated carbocycles. The number of aromatic nitrogens is 3. The number of halogens is 3. The fourth-order valence-electron chi connectivity index (χ4n) is 4.19. The third-order valence-corrected chi connectivity index (χ3v) is 6.20. The van der Waals surface area contributed by atoms with Crippen LogP contribution in [0, 0.1) is 18.6 Å². The molecule has 5 aromatic rings. The van der Waals surface area contributed by atoms with Gasteiger partial charge in [0, 0.05) is 23.0 Å². The molecule has 0 aliphatic heterocycles. The molecule has 3 aromatic carbocycles. The highest BCUT2D eigenvalue weighted by Gasteiger charge is 2.21. The Balaban J connectivity index is 0.00000370. The van der Waals surface area contributed by atoms with Crippen molar-refractivity contribution in [1.82, 2.24) is 14.8 Å². The number of rotatable bonds is 8. The van der Waals surface area contributed by atoms with Crippen molar-refractivity contribution in [3.05, 3.63) is 95.3 Å². The van der Waals surface area contributed by atoms with E-state index < -0.39 is 17.2 Å². The Morgan fingerprint density at radius 2 is 1.85 bits per heavy atom. The fourth-order valence-corrected chi connectivity index (χ4v) is 4.19. The van der Waals surface area contributed by atoms with Crippen LogP contribution in [0.15, 0.2) is 66.9 Å². The first-order chi connectivity index (χ1) is 18.5. The number of nitrogen functional groups attached to an aromatic ring is 1. The van der Waals surface area contributed by atoms with Gasteiger partial charge in [-0.05, 0) is 74.9 Å². The van der Waals surface area contributed by atoms with Crippen LogP contribution >= 0.6 is 12.4 Å². The lowest BCUT2D eigenvalue weighted by molar-refractivity contribution is 0.103. The van der Waals surface area contributed by atoms with Crippen molar-refractivity contribution in [2.45, 2.75) is 26.3 Å². The van der Waals surface area contributed by atoms with Crippen molar-refractivity contribution < 1.29 is 18.3 Å². The molecule has 8 nitrogen and oxygen atoms in total. The zero-order valence-electron chi connectivity index (χ0n) is 22.1. The van der Waals surface area contributed by atoms with Crippen LogP contribution in [0.5, 0.6) is 11.5 Å². The van der Waals surface area contributed by atoms with E-state index in [4.69, 9.17) is 16.2 Å². The average molecular weight is 567 g/mol. The van der Waals surface area contributed by atoms with E-state index in [1.807, 2.05) is 20.8 Å². The van der Waals surface area contributed by atoms with Gasteiger partial charge in [-0.15, -0.1) is 12.4 Å². The molecule has 2 heterocycles. The standard InChI is InChI=1S/C29H28F2N6O2.ClH/c1-16-10-18(39-26-7-5-4-6-20(26)30)8-9-25(16)37-28(32)19(14-35-37)27(38)24-12-17-11-21(31)23(13-22(17)36-24)34-15-29(2,3)33;/h4-14,34,36H,15,32-33H2,1-3H3;1H. The van der Waals surface area contributed by atoms with Crippen LogP contribution in [-0.4, -0.2) is 32.6 Å². The number of benzene rings is 3. The van der Waals surface area contributed by atoms with Crippen molar-refractivity contribution in [3.63, 3.8) is 0 Å². The Hall–Kier alpha value is -4.41. The third-order valence-electron chi connectivity index (χ3n) is 6.20. The first kappa shape index (κ1) is 28.6. The number of aryl methyl sites for hydroxylation is 1. The van der Waals surface area contributed by atoms with Crippen molar-refractivity contribution in [3.8, 4) is 17.2 Å². The molecule has 0 unspecified atom stereocenters. The van der Waals surface area contributed by atoms with E-state index in [2.05, 4.69) is 15.4 Å². The number of ketones is 1. The smallest absolute Gasteiger partial charge is 0.214 e. The number of carbonyl (C=O) groups is 1. The van der Waals surface area contributed by atoms with Gasteiger partial charge in [-0.2, -0.15) is 5.10 Å². The van der Waals surface area contributed by atoms with Crippen LogP contribution in [0.1, 0.15) is 35.5 Å². The van der Waals surface area contributed by atoms with Gasteiger partial charge in [0.05, 0.1) is 28.8 Å². The summed E-state index contributed by atoms with van der Waals surface area (Å²) in [6.07, 6.45) is 1.39. The maximum Gasteiger partial charge on any atom is 0.214 e. The summed E-state index contributed by atoms with van der Waals surface area (Å²) < 4.78 is 35.7. The lowest BCUT2D eigenvalue weighted by Crippen LogP contribution is -2.39. The maximum atomic E-state index is 14.6. The number of fused-ring (bicyclic) bond motifs is 1. The molecule has 0 saturated heterocycles. The van der Waals surface area contributed by atoms with Crippen molar-refractivity contribution in [2.24, 2.45) is 5.73 Å². The first-order valence-corrected chi connectivity index (χ1v) is 12.3. The van der Waals surface area contributed by atoms with Crippen molar-refractivity contribution in [2.75, 3.05) is 17.6 Å². The average Bonchev–Trinajstić information content (AvgIpc) is 3.46. The van der Waals surface area contributed by atoms with Crippen LogP contribution in [0.3, 0.4) is 0 Å². The second kappa shape index (κ2) is 11.0. The van der Waals surface area contributed by atoms with E-state index in [-0.39, 0.29) is 46.7 Å². The van der Waals surface area contributed by atoms with Gasteiger partial charge in [0.15, 0.2) is 11.6 Å². The number of nitrogens with two attached hydrogens (primary N) is 2. The van der Waals surface area contributed by atoms with E-state index in [0.29, 0.717) is 28.9 Å². The molecule has 0 bridgehead atoms. The van der Waals surface area contributed by atoms with Crippen LogP contribution < -0.4 is 21.5 Å². The van der Waals surface area contributed by atoms with Gasteiger partial charge >= 0.3 is 0 Å². The van der Waals surface area contributed by atoms with Gasteiger partial charge in [-0.25, -0.2) is 13.5 Å². The number of hydrogen-bond donors (Lipinski definition) is 4. The van der Waals surface area contributed by atoms with Gasteiger partial charge in [0.25, 0.3) is 0 Å². The summed E-state index contributed by atoms with van der Waals surface area (Å²) in [5.41, 5.74) is 14.5. The summed E-state index contributed by atoms with van der Waals surface area (Å²) in [6.45, 7) is 5.87. The van der Waals surface area contributed by atoms with E-state index in [1.54, 1.807) is 48.5 Å². The van der Waals surface area contributed by atoms with Gasteiger partial charge in [0.1, 0.15) is 17.4 Å². The minimum atomic E-state index is -0.526. The van der Waals surface area contributed by atoms with Gasteiger partial charge in [-0.1, -0.05) is 12.1 Å². The molecule has 0 atom stereocenters. The number of hydrogen-bond acceptors (Lipinski definition) is 6. The van der Waals surface area contributed by atoms with Gasteiger partial charge in [0.2, 0.25) is 5.78 Å². The SMILES string of the molecule is Cc1cc(Oc2ccccc2F)ccc1-n1ncc(C(=O)c2cc3cc(F)c(NCC(C)(C)N)cc3[nH]2)c1N.Cl. The zero-order valence-corrected chi connectivity index (χ0v) is 22.9. The Kier molecular flexibility index (Phi) is 7.86. The second-order valence-corrected chi connectivity index (χ2v) is 10.1. The number of anilines is 2. The fraction of sp³-hybridized carbons (Fsp3) is 0.172. The highest BCUT2D eigenvalue weighted by molar-refractivity contribution is 6.12. The Labute approximate surface area is 235 Å². The molecule has 0 aliphatic carbocycles. The number of para-hydroxylation sites is 1. The lowest BCUT2D eigenvalue weighted by Gasteiger charge is -2.20. The van der Waals surface area contributed by atoms with Crippen molar-refractivity contribution >= 4 is 40.6 Å². The van der Waals surface area contributed by atoms with Gasteiger partial charge < -0.3 is 26.5 Å². The summed E-state index contributed by atoms with van der Waals surface area (Å²) in [6, 6.07) is 15.8. The molecule has 11 heteroatoms. The number of nitrogens with zero attached hydrogens (tertiary/aromatic N) is 2.